The third-order valence-corrected chi connectivity index (χ3v) is 10.6. The van der Waals surface area contributed by atoms with Crippen LogP contribution in [0.1, 0.15) is 38.5 Å². The molecular weight excluding hydrogens is 722 g/mol. The van der Waals surface area contributed by atoms with Gasteiger partial charge in [0.05, 0.1) is 22.4 Å². The predicted molar refractivity (Wildman–Crippen MR) is 136 cm³/mol. The lowest BCUT2D eigenvalue weighted by molar-refractivity contribution is -0.273. The first-order valence-corrected chi connectivity index (χ1v) is 27.9. The summed E-state index contributed by atoms with van der Waals surface area (Å²) in [7, 11) is 0. The highest BCUT2D eigenvalue weighted by Crippen LogP contribution is 2.68. The number of halogens is 12. The molecule has 20 heteroatoms. The van der Waals surface area contributed by atoms with Gasteiger partial charge < -0.3 is 17.7 Å². The quantitative estimate of drug-likeness (QED) is 0.187. The molecular formula is C10H12Cl12O4Si4. The maximum atomic E-state index is 6.12. The predicted octanol–water partition coefficient (Wildman–Crippen LogP) is 8.00. The van der Waals surface area contributed by atoms with Crippen molar-refractivity contribution in [3.8, 4) is 0 Å². The van der Waals surface area contributed by atoms with Crippen molar-refractivity contribution in [2.75, 3.05) is 0 Å². The molecule has 176 valence electrons. The molecule has 0 aromatic carbocycles. The lowest BCUT2D eigenvalue weighted by Crippen LogP contribution is -2.76. The molecule has 4 saturated carbocycles. The highest BCUT2D eigenvalue weighted by molar-refractivity contribution is 7.63. The summed E-state index contributed by atoms with van der Waals surface area (Å²) in [5.41, 5.74) is -4.37. The maximum absolute atomic E-state index is 6.12. The Kier molecular flexibility index (Phi) is 8.52. The highest BCUT2D eigenvalue weighted by atomic mass is 35.9. The minimum Gasteiger partial charge on any atom is -0.375 e. The van der Waals surface area contributed by atoms with E-state index in [9.17, 15) is 0 Å². The summed E-state index contributed by atoms with van der Waals surface area (Å²) >= 11 is 73.5. The zero-order valence-corrected chi connectivity index (χ0v) is 27.5. The smallest absolute Gasteiger partial charge is 0.375 e. The molecule has 0 unspecified atom stereocenters. The Morgan fingerprint density at radius 3 is 0.567 bits per heavy atom. The number of rotatable bonds is 8. The Hall–Kier alpha value is 4.19. The Morgan fingerprint density at radius 2 is 0.467 bits per heavy atom. The van der Waals surface area contributed by atoms with Crippen molar-refractivity contribution in [1.29, 1.82) is 0 Å². The highest BCUT2D eigenvalue weighted by Gasteiger charge is 2.74. The van der Waals surface area contributed by atoms with Gasteiger partial charge in [0.15, 0.2) is 0 Å². The summed E-state index contributed by atoms with van der Waals surface area (Å²) in [6.07, 6.45) is -13.0. The Morgan fingerprint density at radius 1 is 0.333 bits per heavy atom. The summed E-state index contributed by atoms with van der Waals surface area (Å²) in [6, 6.07) is 0. The van der Waals surface area contributed by atoms with Crippen molar-refractivity contribution >= 4 is 158 Å². The van der Waals surface area contributed by atoms with Gasteiger partial charge in [-0.1, -0.05) is 133 Å². The summed E-state index contributed by atoms with van der Waals surface area (Å²) in [6.45, 7) is 0. The molecule has 0 atom stereocenters. The first-order chi connectivity index (χ1) is 13.1. The van der Waals surface area contributed by atoms with Gasteiger partial charge >= 0.3 is 25.0 Å². The van der Waals surface area contributed by atoms with Crippen LogP contribution in [0.5, 0.6) is 0 Å². The molecule has 0 N–H and O–H groups in total. The van der Waals surface area contributed by atoms with Gasteiger partial charge in [-0.05, 0) is 0 Å². The molecule has 4 bridgehead atoms. The third kappa shape index (κ3) is 7.60. The van der Waals surface area contributed by atoms with Crippen molar-refractivity contribution in [2.24, 2.45) is 0 Å². The molecule has 4 rings (SSSR count). The van der Waals surface area contributed by atoms with Gasteiger partial charge in [-0.25, -0.2) is 0 Å². The second-order valence-electron chi connectivity index (χ2n) is 7.98. The van der Waals surface area contributed by atoms with Crippen LogP contribution >= 0.6 is 133 Å². The molecule has 0 amide bonds. The van der Waals surface area contributed by atoms with Crippen LogP contribution in [0.3, 0.4) is 0 Å². The molecule has 0 aromatic rings. The first-order valence-electron chi connectivity index (χ1n) is 8.14. The van der Waals surface area contributed by atoms with E-state index in [0.29, 0.717) is 0 Å². The van der Waals surface area contributed by atoms with E-state index in [4.69, 9.17) is 151 Å². The molecule has 0 saturated heterocycles. The van der Waals surface area contributed by atoms with Gasteiger partial charge in [0, 0.05) is 38.5 Å². The zero-order valence-electron chi connectivity index (χ0n) is 14.4. The topological polar surface area (TPSA) is 36.9 Å². The standard InChI is InChI=1S/C10H12Cl12O4Si4/c11-27(12,13)23-7-1-8(24-28(14,15)16)4-9(2-7,25-29(17,18)19)6-10(3-7,5-8)26-30(20,21)22/h1-6H2. The zero-order chi connectivity index (χ0) is 23.1. The van der Waals surface area contributed by atoms with Crippen molar-refractivity contribution in [3.63, 3.8) is 0 Å². The Labute approximate surface area is 234 Å². The normalized spacial score (nSPS) is 39.6. The molecule has 0 spiro atoms. The molecule has 0 aromatic heterocycles. The molecule has 30 heavy (non-hydrogen) atoms. The second kappa shape index (κ2) is 8.89. The van der Waals surface area contributed by atoms with E-state index >= 15 is 0 Å². The van der Waals surface area contributed by atoms with Gasteiger partial charge in [0.2, 0.25) is 0 Å². The van der Waals surface area contributed by atoms with Crippen molar-refractivity contribution in [3.05, 3.63) is 0 Å². The van der Waals surface area contributed by atoms with Crippen molar-refractivity contribution in [2.45, 2.75) is 60.9 Å². The molecule has 4 aliphatic rings. The van der Waals surface area contributed by atoms with Crippen LogP contribution < -0.4 is 0 Å². The van der Waals surface area contributed by atoms with Gasteiger partial charge in [-0.15, -0.1) is 0 Å². The second-order valence-corrected chi connectivity index (χ2v) is 38.5. The SMILES string of the molecule is Cl[Si](Cl)(Cl)OC12CC3(O[Si](Cl)(Cl)Cl)CC(O[Si](Cl)(Cl)Cl)(C1)CC(O[Si](Cl)(Cl)Cl)(C2)C3. The summed E-state index contributed by atoms with van der Waals surface area (Å²) in [5, 5.41) is 0. The van der Waals surface area contributed by atoms with Crippen LogP contribution in [0, 0.1) is 0 Å². The first kappa shape index (κ1) is 28.8. The van der Waals surface area contributed by atoms with E-state index in [1.54, 1.807) is 0 Å². The fraction of sp³-hybridized carbons (Fsp3) is 1.00. The fourth-order valence-corrected chi connectivity index (χ4v) is 14.4. The monoisotopic (exact) mass is 728 g/mol. The molecule has 0 radical (unpaired) electrons. The largest absolute Gasteiger partial charge is 0.494 e. The lowest BCUT2D eigenvalue weighted by Gasteiger charge is -2.70. The van der Waals surface area contributed by atoms with Gasteiger partial charge in [-0.3, -0.25) is 0 Å². The van der Waals surface area contributed by atoms with Crippen molar-refractivity contribution in [1.82, 2.24) is 0 Å². The average Bonchev–Trinajstić information content (AvgIpc) is 2.21. The molecule has 0 heterocycles. The van der Waals surface area contributed by atoms with Gasteiger partial charge in [-0.2, -0.15) is 0 Å². The van der Waals surface area contributed by atoms with Crippen LogP contribution in [0.25, 0.3) is 0 Å². The Bertz CT molecular complexity index is 539. The van der Waals surface area contributed by atoms with E-state index in [0.717, 1.165) is 0 Å². The summed E-state index contributed by atoms with van der Waals surface area (Å²) in [5.74, 6) is 0. The van der Waals surface area contributed by atoms with Gasteiger partial charge in [0.1, 0.15) is 0 Å². The summed E-state index contributed by atoms with van der Waals surface area (Å²) in [4.78, 5) is 0. The number of hydrogen-bond donors (Lipinski definition) is 0. The fourth-order valence-electron chi connectivity index (χ4n) is 5.69. The van der Waals surface area contributed by atoms with Crippen LogP contribution in [0.4, 0.5) is 0 Å². The van der Waals surface area contributed by atoms with Crippen LogP contribution in [-0.2, 0) is 17.7 Å². The minimum atomic E-state index is -3.63. The van der Waals surface area contributed by atoms with E-state index in [-0.39, 0.29) is 38.5 Å². The van der Waals surface area contributed by atoms with Crippen LogP contribution in [0.15, 0.2) is 0 Å². The van der Waals surface area contributed by atoms with Gasteiger partial charge in [0.25, 0.3) is 0 Å². The molecule has 4 aliphatic carbocycles. The molecule has 0 aliphatic heterocycles. The lowest BCUT2D eigenvalue weighted by atomic mass is 9.48. The third-order valence-electron chi connectivity index (χ3n) is 5.19. The van der Waals surface area contributed by atoms with E-state index in [1.165, 1.54) is 0 Å². The van der Waals surface area contributed by atoms with Crippen LogP contribution in [-0.4, -0.2) is 47.4 Å². The van der Waals surface area contributed by atoms with E-state index < -0.39 is 47.4 Å². The molecule has 4 fully saturated rings. The van der Waals surface area contributed by atoms with E-state index in [1.807, 2.05) is 0 Å². The van der Waals surface area contributed by atoms with Crippen molar-refractivity contribution < 1.29 is 17.7 Å². The average molecular weight is 734 g/mol. The Balaban J connectivity index is 2.13. The minimum absolute atomic E-state index is 0.251. The van der Waals surface area contributed by atoms with E-state index in [2.05, 4.69) is 0 Å². The summed E-state index contributed by atoms with van der Waals surface area (Å²) < 4.78 is 24.0. The van der Waals surface area contributed by atoms with Crippen LogP contribution in [0.2, 0.25) is 0 Å². The number of hydrogen-bond acceptors (Lipinski definition) is 4. The molecule has 4 nitrogen and oxygen atoms in total. The maximum Gasteiger partial charge on any atom is 0.494 e.